The van der Waals surface area contributed by atoms with Gasteiger partial charge in [0.1, 0.15) is 0 Å². The fourth-order valence-electron chi connectivity index (χ4n) is 6.41. The Hall–Kier alpha value is -9.19. The number of hydrogen-bond acceptors (Lipinski definition) is 18. The van der Waals surface area contributed by atoms with Crippen LogP contribution < -0.4 is 10.6 Å². The third-order valence-electron chi connectivity index (χ3n) is 10.2. The summed E-state index contributed by atoms with van der Waals surface area (Å²) in [6.45, 7) is 3.99. The molecule has 2 saturated heterocycles. The normalized spacial score (nSPS) is 12.8. The summed E-state index contributed by atoms with van der Waals surface area (Å²) in [6.07, 6.45) is 0.882. The van der Waals surface area contributed by atoms with Crippen LogP contribution in [-0.4, -0.2) is 116 Å². The second-order valence-corrected chi connectivity index (χ2v) is 15.8. The highest BCUT2D eigenvalue weighted by molar-refractivity contribution is 6.02. The van der Waals surface area contributed by atoms with Crippen molar-refractivity contribution in [1.29, 1.82) is 0 Å². The zero-order chi connectivity index (χ0) is 53.6. The third-order valence-corrected chi connectivity index (χ3v) is 10.2. The Morgan fingerprint density at radius 1 is 0.562 bits per heavy atom. The van der Waals surface area contributed by atoms with Crippen LogP contribution in [-0.2, 0) is 43.2 Å². The summed E-state index contributed by atoms with van der Waals surface area (Å²) in [7, 11) is -1.00. The maximum atomic E-state index is 12.3. The van der Waals surface area contributed by atoms with Crippen molar-refractivity contribution >= 4 is 58.8 Å². The predicted octanol–water partition coefficient (Wildman–Crippen LogP) is 5.84. The van der Waals surface area contributed by atoms with Crippen LogP contribution in [0.5, 0.6) is 0 Å². The lowest BCUT2D eigenvalue weighted by atomic mass is 10.1. The van der Waals surface area contributed by atoms with Gasteiger partial charge in [-0.15, -0.1) is 45.9 Å². The Labute approximate surface area is 417 Å². The maximum Gasteiger partial charge on any atom is 0.333 e. The van der Waals surface area contributed by atoms with Crippen LogP contribution in [0, 0.1) is 13.8 Å². The minimum absolute atomic E-state index is 0.0294. The van der Waals surface area contributed by atoms with Crippen LogP contribution in [0.4, 0.5) is 15.8 Å². The van der Waals surface area contributed by atoms with E-state index in [1.165, 1.54) is 0 Å². The number of hydroxylamine groups is 4. The van der Waals surface area contributed by atoms with Gasteiger partial charge in [-0.2, -0.15) is 5.06 Å². The molecule has 8 rings (SSSR count). The molecule has 0 radical (unpaired) electrons. The van der Waals surface area contributed by atoms with Crippen molar-refractivity contribution in [3.63, 3.8) is 0 Å². The number of carboxylic acid groups (broad SMARTS) is 1. The van der Waals surface area contributed by atoms with Crippen molar-refractivity contribution in [3.05, 3.63) is 108 Å². The van der Waals surface area contributed by atoms with Crippen molar-refractivity contribution in [3.8, 4) is 45.6 Å². The number of rotatable bonds is 15. The van der Waals surface area contributed by atoms with Crippen molar-refractivity contribution in [2.24, 2.45) is 0 Å². The fourth-order valence-corrected chi connectivity index (χ4v) is 6.41. The van der Waals surface area contributed by atoms with Gasteiger partial charge in [-0.3, -0.25) is 43.2 Å². The van der Waals surface area contributed by atoms with E-state index >= 15 is 0 Å². The number of hydrogen-bond donors (Lipinski definition) is 4. The number of aryl methyl sites for hydroxylation is 2. The molecular formula is C49H49FN12O11. The molecule has 4 aromatic carbocycles. The van der Waals surface area contributed by atoms with Gasteiger partial charge < -0.3 is 20.6 Å². The molecule has 6 aromatic rings. The Kier molecular flexibility index (Phi) is 19.9. The Bertz CT molecular complexity index is 2900. The predicted molar refractivity (Wildman–Crippen MR) is 256 cm³/mol. The summed E-state index contributed by atoms with van der Waals surface area (Å²) >= 11 is 0. The SMILES string of the molecule is Cc1ccc(-c2nnc(-c3cccc(NC(=O)CCCC(=O)O)c3)nn2)cc1.Cc1ccc(-c2nnc(-c3cccc(NC(=O)CCCC(=O)ON4C(=O)CCC4=O)c3)nn2)cc1.O=C1CCC(=O)N1O.[2H]CF. The van der Waals surface area contributed by atoms with Gasteiger partial charge in [-0.05, 0) is 51.0 Å². The molecule has 24 heteroatoms. The topological polar surface area (TPSA) is 320 Å². The molecule has 2 aliphatic rings. The lowest BCUT2D eigenvalue weighted by Gasteiger charge is -2.12. The summed E-state index contributed by atoms with van der Waals surface area (Å²) in [4.78, 5) is 94.7. The summed E-state index contributed by atoms with van der Waals surface area (Å²) in [5, 5.41) is 56.3. The molecule has 2 aromatic heterocycles. The second-order valence-electron chi connectivity index (χ2n) is 15.8. The third kappa shape index (κ3) is 17.0. The molecule has 2 fully saturated rings. The zero-order valence-corrected chi connectivity index (χ0v) is 39.4. The average Bonchev–Trinajstić information content (AvgIpc) is 3.87. The summed E-state index contributed by atoms with van der Waals surface area (Å²) < 4.78 is 15.5. The van der Waals surface area contributed by atoms with E-state index in [0.717, 1.165) is 22.3 Å². The Balaban J connectivity index is 0.000000231. The molecule has 0 spiro atoms. The number of amides is 6. The van der Waals surface area contributed by atoms with E-state index in [4.69, 9.17) is 16.5 Å². The lowest BCUT2D eigenvalue weighted by Crippen LogP contribution is -2.32. The molecule has 0 aliphatic carbocycles. The van der Waals surface area contributed by atoms with Gasteiger partial charge in [0, 0.05) is 85.0 Å². The molecule has 0 bridgehead atoms. The smallest absolute Gasteiger partial charge is 0.333 e. The molecule has 6 amide bonds. The summed E-state index contributed by atoms with van der Waals surface area (Å²) in [6, 6.07) is 29.4. The van der Waals surface area contributed by atoms with Gasteiger partial charge in [0.25, 0.3) is 23.6 Å². The van der Waals surface area contributed by atoms with Crippen LogP contribution in [0.15, 0.2) is 97.1 Å². The van der Waals surface area contributed by atoms with Gasteiger partial charge in [-0.25, -0.2) is 4.79 Å². The highest BCUT2D eigenvalue weighted by atomic mass is 19.1. The number of carboxylic acids is 1. The van der Waals surface area contributed by atoms with E-state index < -0.39 is 42.7 Å². The van der Waals surface area contributed by atoms with Gasteiger partial charge >= 0.3 is 11.9 Å². The number of aliphatic carboxylic acids is 1. The van der Waals surface area contributed by atoms with Crippen LogP contribution >= 0.6 is 0 Å². The summed E-state index contributed by atoms with van der Waals surface area (Å²) in [5.41, 5.74) is 6.30. The number of carbonyl (C=O) groups excluding carboxylic acids is 7. The van der Waals surface area contributed by atoms with Gasteiger partial charge in [-0.1, -0.05) is 83.9 Å². The second kappa shape index (κ2) is 27.3. The largest absolute Gasteiger partial charge is 0.481 e. The van der Waals surface area contributed by atoms with Crippen LogP contribution in [0.2, 0.25) is 0 Å². The zero-order valence-electron chi connectivity index (χ0n) is 40.4. The minimum Gasteiger partial charge on any atom is -0.481 e. The molecule has 73 heavy (non-hydrogen) atoms. The number of benzene rings is 4. The van der Waals surface area contributed by atoms with Crippen molar-refractivity contribution in [2.45, 2.75) is 78.1 Å². The molecule has 0 unspecified atom stereocenters. The number of aromatic nitrogens is 8. The van der Waals surface area contributed by atoms with Crippen LogP contribution in [0.3, 0.4) is 0 Å². The van der Waals surface area contributed by atoms with Crippen molar-refractivity contribution in [1.82, 2.24) is 50.9 Å². The van der Waals surface area contributed by atoms with Gasteiger partial charge in [0.05, 0.1) is 8.52 Å². The monoisotopic (exact) mass is 1000 g/mol. The highest BCUT2D eigenvalue weighted by Crippen LogP contribution is 2.23. The number of halogens is 1. The quantitative estimate of drug-likeness (QED) is 0.0693. The first-order valence-corrected chi connectivity index (χ1v) is 22.3. The number of imide groups is 2. The molecule has 0 atom stereocenters. The van der Waals surface area contributed by atoms with Crippen LogP contribution in [0.1, 0.15) is 76.7 Å². The van der Waals surface area contributed by atoms with E-state index in [-0.39, 0.29) is 81.1 Å². The molecular weight excluding hydrogens is 952 g/mol. The maximum absolute atomic E-state index is 12.3. The number of alkyl halides is 1. The fraction of sp³-hybridized carbons (Fsp3) is 0.265. The van der Waals surface area contributed by atoms with E-state index in [0.29, 0.717) is 50.9 Å². The Morgan fingerprint density at radius 3 is 1.27 bits per heavy atom. The van der Waals surface area contributed by atoms with E-state index in [1.807, 2.05) is 62.4 Å². The number of anilines is 2. The molecule has 23 nitrogen and oxygen atoms in total. The van der Waals surface area contributed by atoms with Gasteiger partial charge in [0.15, 0.2) is 0 Å². The van der Waals surface area contributed by atoms with E-state index in [2.05, 4.69) is 51.4 Å². The van der Waals surface area contributed by atoms with Crippen LogP contribution in [0.25, 0.3) is 45.6 Å². The average molecular weight is 1000 g/mol. The molecule has 2 aliphatic heterocycles. The highest BCUT2D eigenvalue weighted by Gasteiger charge is 2.32. The van der Waals surface area contributed by atoms with Crippen molar-refractivity contribution in [2.75, 3.05) is 17.8 Å². The van der Waals surface area contributed by atoms with E-state index in [1.54, 1.807) is 48.5 Å². The molecule has 4 heterocycles. The molecule has 378 valence electrons. The first-order chi connectivity index (χ1) is 35.5. The first-order valence-electron chi connectivity index (χ1n) is 23.0. The standard InChI is InChI=1S/C24H22N6O5.C20H19N5O3.C4H5NO3.CH3F/c1-15-8-10-16(11-9-15)23-26-28-24(29-27-23)17-4-2-5-18(14-17)25-19(31)6-3-7-22(34)35-30-20(32)12-13-21(30)33;1-13-8-10-14(11-9-13)19-22-24-20(25-23-19)15-4-2-5-16(12-15)21-17(26)6-3-7-18(27)28;6-3-1-2-4(7)5(3)8;1-2/h2,4-5,8-11,14H,3,6-7,12-13H2,1H3,(H,25,31);2,4-5,8-12H,3,6-7H2,1H3,(H,21,26)(H,27,28);8H,1-2H2;1H3/i;;;1D. The minimum atomic E-state index is -1.00. The number of nitrogens with zero attached hydrogens (tertiary/aromatic N) is 10. The van der Waals surface area contributed by atoms with Gasteiger partial charge in [0.2, 0.25) is 35.1 Å². The molecule has 4 N–H and O–H groups in total. The number of nitrogens with one attached hydrogen (secondary N) is 2. The van der Waals surface area contributed by atoms with E-state index in [9.17, 15) is 42.7 Å². The summed E-state index contributed by atoms with van der Waals surface area (Å²) in [5.74, 6) is -2.80. The number of carbonyl (C=O) groups is 8. The Morgan fingerprint density at radius 2 is 0.918 bits per heavy atom. The lowest BCUT2D eigenvalue weighted by molar-refractivity contribution is -0.197. The first kappa shape index (κ1) is 53.2. The molecule has 0 saturated carbocycles. The van der Waals surface area contributed by atoms with Crippen molar-refractivity contribution < 1.29 is 59.3 Å².